The van der Waals surface area contributed by atoms with Gasteiger partial charge in [0.25, 0.3) is 0 Å². The van der Waals surface area contributed by atoms with E-state index < -0.39 is 5.79 Å². The third-order valence-corrected chi connectivity index (χ3v) is 11.5. The highest BCUT2D eigenvalue weighted by atomic mass is 16.7. The molecular formula is C25H38O3. The zero-order valence-electron chi connectivity index (χ0n) is 18.5. The van der Waals surface area contributed by atoms with Crippen molar-refractivity contribution in [1.29, 1.82) is 0 Å². The van der Waals surface area contributed by atoms with Gasteiger partial charge >= 0.3 is 0 Å². The van der Waals surface area contributed by atoms with Crippen LogP contribution in [0.2, 0.25) is 0 Å². The Hall–Kier alpha value is -0.410. The summed E-state index contributed by atoms with van der Waals surface area (Å²) in [4.78, 5) is 14.0. The number of carbonyl (C=O) groups is 1. The van der Waals surface area contributed by atoms with Crippen LogP contribution in [-0.4, -0.2) is 24.8 Å². The standard InChI is InChI=1S/C25H38O3/c1-21(2)19-16-6-7-18(24(5)27-12-13-28-24)22(16,3)10-9-17(19)23(4)11-8-15-14-25(15,23)20(21)26/h15-19H,6-14H2,1-5H3/t15-,16?,17?,18-,19?,22-,23+,25?/m0/s1. The summed E-state index contributed by atoms with van der Waals surface area (Å²) in [6.45, 7) is 13.3. The molecule has 1 saturated heterocycles. The van der Waals surface area contributed by atoms with Crippen molar-refractivity contribution in [3.05, 3.63) is 0 Å². The lowest BCUT2D eigenvalue weighted by Crippen LogP contribution is -2.63. The minimum absolute atomic E-state index is 0.0487. The molecule has 0 amide bonds. The minimum Gasteiger partial charge on any atom is -0.348 e. The summed E-state index contributed by atoms with van der Waals surface area (Å²) in [5.41, 5.74) is 0.370. The van der Waals surface area contributed by atoms with Crippen LogP contribution in [0.15, 0.2) is 0 Å². The van der Waals surface area contributed by atoms with Gasteiger partial charge in [0.15, 0.2) is 5.79 Å². The second-order valence-corrected chi connectivity index (χ2v) is 12.5. The highest BCUT2D eigenvalue weighted by molar-refractivity contribution is 5.95. The van der Waals surface area contributed by atoms with Crippen molar-refractivity contribution >= 4 is 5.78 Å². The molecule has 0 aromatic heterocycles. The monoisotopic (exact) mass is 386 g/mol. The quantitative estimate of drug-likeness (QED) is 0.619. The smallest absolute Gasteiger partial charge is 0.169 e. The summed E-state index contributed by atoms with van der Waals surface area (Å²) in [6.07, 6.45) is 8.80. The molecule has 0 aromatic carbocycles. The predicted octanol–water partition coefficient (Wildman–Crippen LogP) is 5.22. The van der Waals surface area contributed by atoms with E-state index in [9.17, 15) is 4.79 Å². The Morgan fingerprint density at radius 3 is 2.25 bits per heavy atom. The van der Waals surface area contributed by atoms with Crippen molar-refractivity contribution in [2.45, 2.75) is 85.4 Å². The largest absolute Gasteiger partial charge is 0.348 e. The van der Waals surface area contributed by atoms with Crippen molar-refractivity contribution in [3.8, 4) is 0 Å². The van der Waals surface area contributed by atoms with E-state index in [1.165, 1.54) is 44.9 Å². The number of carbonyl (C=O) groups excluding carboxylic acids is 1. The van der Waals surface area contributed by atoms with Crippen molar-refractivity contribution in [2.24, 2.45) is 51.2 Å². The van der Waals surface area contributed by atoms with E-state index >= 15 is 0 Å². The minimum atomic E-state index is -0.417. The van der Waals surface area contributed by atoms with E-state index in [0.29, 0.717) is 29.5 Å². The lowest BCUT2D eigenvalue weighted by molar-refractivity contribution is -0.223. The first kappa shape index (κ1) is 18.4. The molecule has 0 aromatic rings. The van der Waals surface area contributed by atoms with Crippen LogP contribution in [0, 0.1) is 51.2 Å². The first-order valence-corrected chi connectivity index (χ1v) is 11.9. The fourth-order valence-corrected chi connectivity index (χ4v) is 10.3. The van der Waals surface area contributed by atoms with Gasteiger partial charge in [-0.25, -0.2) is 0 Å². The van der Waals surface area contributed by atoms with Gasteiger partial charge in [0, 0.05) is 16.7 Å². The molecule has 6 aliphatic rings. The predicted molar refractivity (Wildman–Crippen MR) is 108 cm³/mol. The molecule has 3 heteroatoms. The Morgan fingerprint density at radius 1 is 0.857 bits per heavy atom. The van der Waals surface area contributed by atoms with E-state index in [1.807, 2.05) is 0 Å². The molecular weight excluding hydrogens is 348 g/mol. The first-order valence-electron chi connectivity index (χ1n) is 11.9. The molecule has 28 heavy (non-hydrogen) atoms. The summed E-state index contributed by atoms with van der Waals surface area (Å²) < 4.78 is 12.3. The first-order chi connectivity index (χ1) is 13.1. The Kier molecular flexibility index (Phi) is 3.33. The van der Waals surface area contributed by atoms with Crippen LogP contribution < -0.4 is 0 Å². The Balaban J connectivity index is 1.42. The van der Waals surface area contributed by atoms with Crippen molar-refractivity contribution in [1.82, 2.24) is 0 Å². The van der Waals surface area contributed by atoms with Crippen LogP contribution in [0.5, 0.6) is 0 Å². The Bertz CT molecular complexity index is 736. The lowest BCUT2D eigenvalue weighted by Gasteiger charge is -2.63. The summed E-state index contributed by atoms with van der Waals surface area (Å²) in [5, 5.41) is 0. The van der Waals surface area contributed by atoms with Gasteiger partial charge < -0.3 is 9.47 Å². The average molecular weight is 387 g/mol. The van der Waals surface area contributed by atoms with Gasteiger partial charge in [0.2, 0.25) is 0 Å². The van der Waals surface area contributed by atoms with Crippen molar-refractivity contribution < 1.29 is 14.3 Å². The highest BCUT2D eigenvalue weighted by Crippen LogP contribution is 2.83. The Morgan fingerprint density at radius 2 is 1.57 bits per heavy atom. The zero-order valence-corrected chi connectivity index (χ0v) is 18.5. The fourth-order valence-electron chi connectivity index (χ4n) is 10.3. The van der Waals surface area contributed by atoms with E-state index in [2.05, 4.69) is 34.6 Å². The molecule has 1 heterocycles. The van der Waals surface area contributed by atoms with Crippen LogP contribution in [-0.2, 0) is 14.3 Å². The fraction of sp³-hybridized carbons (Fsp3) is 0.960. The molecule has 0 radical (unpaired) electrons. The molecule has 5 saturated carbocycles. The number of rotatable bonds is 1. The maximum atomic E-state index is 14.0. The molecule has 3 nitrogen and oxygen atoms in total. The maximum absolute atomic E-state index is 14.0. The molecule has 1 spiro atoms. The maximum Gasteiger partial charge on any atom is 0.169 e. The molecule has 6 fully saturated rings. The second kappa shape index (κ2) is 5.07. The van der Waals surface area contributed by atoms with E-state index in [1.54, 1.807) is 0 Å². The number of Topliss-reactive ketones (excluding diaryl/α,β-unsaturated/α-hetero) is 1. The second-order valence-electron chi connectivity index (χ2n) is 12.5. The lowest BCUT2D eigenvalue weighted by atomic mass is 9.40. The normalized spacial score (nSPS) is 58.0. The summed E-state index contributed by atoms with van der Waals surface area (Å²) in [6, 6.07) is 0. The molecule has 0 N–H and O–H groups in total. The van der Waals surface area contributed by atoms with Crippen LogP contribution >= 0.6 is 0 Å². The summed E-state index contributed by atoms with van der Waals surface area (Å²) in [5.74, 6) is 3.27. The topological polar surface area (TPSA) is 35.5 Å². The van der Waals surface area contributed by atoms with Crippen LogP contribution in [0.25, 0.3) is 0 Å². The van der Waals surface area contributed by atoms with E-state index in [0.717, 1.165) is 19.1 Å². The van der Waals surface area contributed by atoms with Gasteiger partial charge in [-0.3, -0.25) is 4.79 Å². The van der Waals surface area contributed by atoms with Crippen LogP contribution in [0.4, 0.5) is 0 Å². The average Bonchev–Trinajstić information content (AvgIpc) is 2.88. The molecule has 8 atom stereocenters. The van der Waals surface area contributed by atoms with Crippen LogP contribution in [0.3, 0.4) is 0 Å². The number of hydrogen-bond acceptors (Lipinski definition) is 3. The van der Waals surface area contributed by atoms with Gasteiger partial charge in [0.1, 0.15) is 5.78 Å². The van der Waals surface area contributed by atoms with Gasteiger partial charge in [-0.2, -0.15) is 0 Å². The zero-order chi connectivity index (χ0) is 19.7. The Labute approximate surface area is 170 Å². The molecule has 0 bridgehead atoms. The molecule has 1 aliphatic heterocycles. The SMILES string of the molecule is CC1(C)C(=O)C23C[C@@H]2CC[C@]3(C)C2CC[C@@]3(C)C(CC[C@@H]3C3(C)OCCO3)C21. The third kappa shape index (κ3) is 1.77. The van der Waals surface area contributed by atoms with Gasteiger partial charge in [0.05, 0.1) is 13.2 Å². The number of hydrogen-bond donors (Lipinski definition) is 0. The molecule has 4 unspecified atom stereocenters. The molecule has 156 valence electrons. The summed E-state index contributed by atoms with van der Waals surface area (Å²) >= 11 is 0. The third-order valence-electron chi connectivity index (χ3n) is 11.5. The van der Waals surface area contributed by atoms with Gasteiger partial charge in [-0.05, 0) is 86.4 Å². The van der Waals surface area contributed by atoms with E-state index in [4.69, 9.17) is 9.47 Å². The van der Waals surface area contributed by atoms with E-state index in [-0.39, 0.29) is 21.7 Å². The molecule has 6 rings (SSSR count). The summed E-state index contributed by atoms with van der Waals surface area (Å²) in [7, 11) is 0. The number of ether oxygens (including phenoxy) is 2. The molecule has 5 aliphatic carbocycles. The van der Waals surface area contributed by atoms with Gasteiger partial charge in [-0.1, -0.05) is 27.7 Å². The van der Waals surface area contributed by atoms with Gasteiger partial charge in [-0.15, -0.1) is 0 Å². The number of ketones is 1. The van der Waals surface area contributed by atoms with Crippen LogP contribution in [0.1, 0.15) is 79.6 Å². The number of fused-ring (bicyclic) bond motifs is 4. The van der Waals surface area contributed by atoms with Crippen molar-refractivity contribution in [2.75, 3.05) is 13.2 Å². The highest BCUT2D eigenvalue weighted by Gasteiger charge is 2.81. The van der Waals surface area contributed by atoms with Crippen molar-refractivity contribution in [3.63, 3.8) is 0 Å².